The van der Waals surface area contributed by atoms with Gasteiger partial charge in [0.05, 0.1) is 14.2 Å². The van der Waals surface area contributed by atoms with Gasteiger partial charge in [-0.05, 0) is 57.0 Å². The van der Waals surface area contributed by atoms with Gasteiger partial charge in [-0.2, -0.15) is 0 Å². The first kappa shape index (κ1) is 16.6. The number of hydrogen-bond donors (Lipinski definition) is 2. The Morgan fingerprint density at radius 3 is 2.50 bits per heavy atom. The van der Waals surface area contributed by atoms with Crippen LogP contribution in [0.25, 0.3) is 0 Å². The zero-order valence-corrected chi connectivity index (χ0v) is 14.1. The lowest BCUT2D eigenvalue weighted by atomic mass is 9.91. The van der Waals surface area contributed by atoms with Crippen LogP contribution in [-0.2, 0) is 11.2 Å². The number of hydrogen-bond acceptors (Lipinski definition) is 4. The summed E-state index contributed by atoms with van der Waals surface area (Å²) in [6.07, 6.45) is 1.34. The van der Waals surface area contributed by atoms with Crippen molar-refractivity contribution >= 4 is 5.91 Å². The second-order valence-electron chi connectivity index (χ2n) is 6.67. The summed E-state index contributed by atoms with van der Waals surface area (Å²) in [5.74, 6) is 1.49. The molecule has 5 heteroatoms. The van der Waals surface area contributed by atoms with Crippen molar-refractivity contribution < 1.29 is 14.3 Å². The number of rotatable bonds is 4. The maximum atomic E-state index is 12.2. The van der Waals surface area contributed by atoms with E-state index in [4.69, 9.17) is 9.47 Å². The highest BCUT2D eigenvalue weighted by Crippen LogP contribution is 2.36. The molecule has 0 bridgehead atoms. The normalized spacial score (nSPS) is 17.6. The molecule has 0 aromatic heterocycles. The van der Waals surface area contributed by atoms with Crippen molar-refractivity contribution in [2.45, 2.75) is 45.2 Å². The summed E-state index contributed by atoms with van der Waals surface area (Å²) < 4.78 is 10.7. The predicted molar refractivity (Wildman–Crippen MR) is 86.5 cm³/mol. The van der Waals surface area contributed by atoms with E-state index in [0.717, 1.165) is 24.3 Å². The Labute approximate surface area is 132 Å². The van der Waals surface area contributed by atoms with Crippen molar-refractivity contribution in [2.75, 3.05) is 20.8 Å². The van der Waals surface area contributed by atoms with Gasteiger partial charge in [0.25, 0.3) is 0 Å². The van der Waals surface area contributed by atoms with E-state index in [1.54, 1.807) is 14.2 Å². The van der Waals surface area contributed by atoms with Gasteiger partial charge in [0, 0.05) is 18.0 Å². The van der Waals surface area contributed by atoms with Gasteiger partial charge in [-0.1, -0.05) is 0 Å². The van der Waals surface area contributed by atoms with Crippen LogP contribution in [0.5, 0.6) is 11.5 Å². The molecule has 1 amide bonds. The molecule has 0 saturated heterocycles. The van der Waals surface area contributed by atoms with E-state index >= 15 is 0 Å². The molecule has 2 rings (SSSR count). The fraction of sp³-hybridized carbons (Fsp3) is 0.588. The second-order valence-corrected chi connectivity index (χ2v) is 6.67. The van der Waals surface area contributed by atoms with E-state index in [1.165, 1.54) is 5.56 Å². The first-order valence-electron chi connectivity index (χ1n) is 7.63. The third kappa shape index (κ3) is 3.91. The SMILES string of the molecule is COc1cc2c(cc1OC)C(CC(=O)NC(C)(C)C)NCC2. The van der Waals surface area contributed by atoms with Crippen LogP contribution in [0.1, 0.15) is 44.4 Å². The van der Waals surface area contributed by atoms with Crippen LogP contribution in [0.3, 0.4) is 0 Å². The monoisotopic (exact) mass is 306 g/mol. The smallest absolute Gasteiger partial charge is 0.222 e. The van der Waals surface area contributed by atoms with Gasteiger partial charge in [0.1, 0.15) is 0 Å². The van der Waals surface area contributed by atoms with E-state index in [0.29, 0.717) is 12.2 Å². The first-order valence-corrected chi connectivity index (χ1v) is 7.63. The summed E-state index contributed by atoms with van der Waals surface area (Å²) >= 11 is 0. The number of benzene rings is 1. The zero-order valence-electron chi connectivity index (χ0n) is 14.1. The highest BCUT2D eigenvalue weighted by atomic mass is 16.5. The molecule has 1 aromatic rings. The molecule has 5 nitrogen and oxygen atoms in total. The van der Waals surface area contributed by atoms with E-state index in [-0.39, 0.29) is 17.5 Å². The summed E-state index contributed by atoms with van der Waals surface area (Å²) in [6.45, 7) is 6.82. The summed E-state index contributed by atoms with van der Waals surface area (Å²) in [4.78, 5) is 12.2. The van der Waals surface area contributed by atoms with Crippen molar-refractivity contribution in [1.29, 1.82) is 0 Å². The van der Waals surface area contributed by atoms with Crippen molar-refractivity contribution in [3.63, 3.8) is 0 Å². The van der Waals surface area contributed by atoms with Crippen LogP contribution in [0.2, 0.25) is 0 Å². The van der Waals surface area contributed by atoms with Crippen LogP contribution in [0.15, 0.2) is 12.1 Å². The number of carbonyl (C=O) groups excluding carboxylic acids is 1. The van der Waals surface area contributed by atoms with Gasteiger partial charge >= 0.3 is 0 Å². The Morgan fingerprint density at radius 1 is 1.27 bits per heavy atom. The van der Waals surface area contributed by atoms with Crippen LogP contribution < -0.4 is 20.1 Å². The molecule has 0 fully saturated rings. The van der Waals surface area contributed by atoms with E-state index < -0.39 is 0 Å². The standard InChI is InChI=1S/C17H26N2O3/c1-17(2,3)19-16(20)10-13-12-9-15(22-5)14(21-4)8-11(12)6-7-18-13/h8-9,13,18H,6-7,10H2,1-5H3,(H,19,20). The quantitative estimate of drug-likeness (QED) is 0.895. The zero-order chi connectivity index (χ0) is 16.3. The topological polar surface area (TPSA) is 59.6 Å². The lowest BCUT2D eigenvalue weighted by Gasteiger charge is -2.29. The third-order valence-corrected chi connectivity index (χ3v) is 3.71. The minimum Gasteiger partial charge on any atom is -0.493 e. The molecule has 0 aliphatic carbocycles. The summed E-state index contributed by atoms with van der Waals surface area (Å²) in [5, 5.41) is 6.44. The molecule has 0 saturated carbocycles. The molecule has 1 atom stereocenters. The molecule has 1 heterocycles. The largest absolute Gasteiger partial charge is 0.493 e. The highest BCUT2D eigenvalue weighted by molar-refractivity contribution is 5.77. The van der Waals surface area contributed by atoms with Crippen molar-refractivity contribution in [3.8, 4) is 11.5 Å². The first-order chi connectivity index (χ1) is 10.3. The molecule has 0 radical (unpaired) electrons. The summed E-state index contributed by atoms with van der Waals surface area (Å²) in [5.41, 5.74) is 2.12. The lowest BCUT2D eigenvalue weighted by Crippen LogP contribution is -2.43. The molecule has 1 unspecified atom stereocenters. The number of amides is 1. The molecule has 1 aliphatic heterocycles. The second kappa shape index (κ2) is 6.57. The average molecular weight is 306 g/mol. The molecule has 22 heavy (non-hydrogen) atoms. The fourth-order valence-electron chi connectivity index (χ4n) is 2.81. The van der Waals surface area contributed by atoms with E-state index in [9.17, 15) is 4.79 Å². The number of methoxy groups -OCH3 is 2. The molecular weight excluding hydrogens is 280 g/mol. The Kier molecular flexibility index (Phi) is 4.96. The van der Waals surface area contributed by atoms with Crippen molar-refractivity contribution in [3.05, 3.63) is 23.3 Å². The Morgan fingerprint density at radius 2 is 1.91 bits per heavy atom. The van der Waals surface area contributed by atoms with Gasteiger partial charge in [-0.15, -0.1) is 0 Å². The fourth-order valence-corrected chi connectivity index (χ4v) is 2.81. The van der Waals surface area contributed by atoms with E-state index in [1.807, 2.05) is 32.9 Å². The van der Waals surface area contributed by atoms with Gasteiger partial charge in [-0.25, -0.2) is 0 Å². The van der Waals surface area contributed by atoms with Gasteiger partial charge in [0.2, 0.25) is 5.91 Å². The number of carbonyl (C=O) groups is 1. The predicted octanol–water partition coefficient (Wildman–Crippen LogP) is 2.20. The molecule has 122 valence electrons. The minimum absolute atomic E-state index is 0.00547. The summed E-state index contributed by atoms with van der Waals surface area (Å²) in [6, 6.07) is 4.00. The van der Waals surface area contributed by atoms with Gasteiger partial charge in [0.15, 0.2) is 11.5 Å². The number of nitrogens with one attached hydrogen (secondary N) is 2. The van der Waals surface area contributed by atoms with Crippen LogP contribution >= 0.6 is 0 Å². The maximum absolute atomic E-state index is 12.2. The average Bonchev–Trinajstić information content (AvgIpc) is 2.44. The van der Waals surface area contributed by atoms with Crippen molar-refractivity contribution in [2.24, 2.45) is 0 Å². The summed E-state index contributed by atoms with van der Waals surface area (Å²) in [7, 11) is 3.27. The molecule has 0 spiro atoms. The lowest BCUT2D eigenvalue weighted by molar-refractivity contribution is -0.123. The number of ether oxygens (including phenoxy) is 2. The molecular formula is C17H26N2O3. The van der Waals surface area contributed by atoms with E-state index in [2.05, 4.69) is 10.6 Å². The maximum Gasteiger partial charge on any atom is 0.222 e. The van der Waals surface area contributed by atoms with Crippen molar-refractivity contribution in [1.82, 2.24) is 10.6 Å². The van der Waals surface area contributed by atoms with Gasteiger partial charge in [-0.3, -0.25) is 4.79 Å². The number of fused-ring (bicyclic) bond motifs is 1. The molecule has 1 aromatic carbocycles. The Balaban J connectivity index is 2.22. The van der Waals surface area contributed by atoms with Gasteiger partial charge < -0.3 is 20.1 Å². The van der Waals surface area contributed by atoms with Crippen LogP contribution in [0.4, 0.5) is 0 Å². The third-order valence-electron chi connectivity index (χ3n) is 3.71. The minimum atomic E-state index is -0.216. The molecule has 1 aliphatic rings. The Bertz CT molecular complexity index is 550. The molecule has 2 N–H and O–H groups in total. The van der Waals surface area contributed by atoms with Crippen LogP contribution in [-0.4, -0.2) is 32.2 Å². The van der Waals surface area contributed by atoms with Crippen LogP contribution in [0, 0.1) is 0 Å². The Hall–Kier alpha value is -1.75. The highest BCUT2D eigenvalue weighted by Gasteiger charge is 2.25.